The molecular weight excluding hydrogens is 386 g/mol. The summed E-state index contributed by atoms with van der Waals surface area (Å²) in [5, 5.41) is 5.42. The first-order valence-corrected chi connectivity index (χ1v) is 9.47. The van der Waals surface area contributed by atoms with Gasteiger partial charge in [0.25, 0.3) is 5.91 Å². The summed E-state index contributed by atoms with van der Waals surface area (Å²) in [6, 6.07) is 12.0. The number of aryl methyl sites for hydroxylation is 1. The van der Waals surface area contributed by atoms with Crippen molar-refractivity contribution >= 4 is 17.8 Å². The van der Waals surface area contributed by atoms with Crippen molar-refractivity contribution in [2.45, 2.75) is 25.9 Å². The van der Waals surface area contributed by atoms with Crippen LogP contribution in [0.15, 0.2) is 42.5 Å². The molecule has 8 nitrogen and oxygen atoms in total. The number of amides is 4. The second-order valence-electron chi connectivity index (χ2n) is 7.28. The molecule has 2 N–H and O–H groups in total. The molecule has 0 radical (unpaired) electrons. The van der Waals surface area contributed by atoms with Crippen molar-refractivity contribution in [2.75, 3.05) is 20.8 Å². The van der Waals surface area contributed by atoms with E-state index >= 15 is 0 Å². The first-order chi connectivity index (χ1) is 14.3. The summed E-state index contributed by atoms with van der Waals surface area (Å²) >= 11 is 0. The SMILES string of the molecule is COc1ccc(CNC(=O)CN2C(=O)N[C@@](C)(c3ccc(C)cc3)C2=O)cc1OC. The number of urea groups is 1. The molecule has 4 amide bonds. The van der Waals surface area contributed by atoms with Crippen LogP contribution < -0.4 is 20.1 Å². The molecule has 8 heteroatoms. The van der Waals surface area contributed by atoms with Crippen LogP contribution in [0.25, 0.3) is 0 Å². The van der Waals surface area contributed by atoms with Gasteiger partial charge in [-0.25, -0.2) is 4.79 Å². The smallest absolute Gasteiger partial charge is 0.325 e. The van der Waals surface area contributed by atoms with E-state index in [2.05, 4.69) is 10.6 Å². The second kappa shape index (κ2) is 8.44. The van der Waals surface area contributed by atoms with E-state index in [9.17, 15) is 14.4 Å². The molecule has 0 spiro atoms. The van der Waals surface area contributed by atoms with Crippen molar-refractivity contribution in [1.29, 1.82) is 0 Å². The Morgan fingerprint density at radius 2 is 1.73 bits per heavy atom. The Labute approximate surface area is 175 Å². The second-order valence-corrected chi connectivity index (χ2v) is 7.28. The Balaban J connectivity index is 1.64. The Hall–Kier alpha value is -3.55. The molecule has 0 unspecified atom stereocenters. The molecule has 3 rings (SSSR count). The van der Waals surface area contributed by atoms with Crippen molar-refractivity contribution in [3.05, 3.63) is 59.2 Å². The van der Waals surface area contributed by atoms with E-state index < -0.39 is 23.4 Å². The topological polar surface area (TPSA) is 97.0 Å². The van der Waals surface area contributed by atoms with Crippen molar-refractivity contribution in [1.82, 2.24) is 15.5 Å². The van der Waals surface area contributed by atoms with Gasteiger partial charge in [0.05, 0.1) is 14.2 Å². The van der Waals surface area contributed by atoms with Crippen LogP contribution >= 0.6 is 0 Å². The molecule has 0 saturated carbocycles. The molecule has 1 heterocycles. The predicted octanol–water partition coefficient (Wildman–Crippen LogP) is 2.10. The van der Waals surface area contributed by atoms with Crippen molar-refractivity contribution in [2.24, 2.45) is 0 Å². The molecular formula is C22H25N3O5. The average Bonchev–Trinajstić information content (AvgIpc) is 2.96. The minimum absolute atomic E-state index is 0.220. The summed E-state index contributed by atoms with van der Waals surface area (Å²) in [4.78, 5) is 38.6. The molecule has 1 aliphatic rings. The van der Waals surface area contributed by atoms with E-state index in [1.807, 2.05) is 19.1 Å². The normalized spacial score (nSPS) is 18.2. The van der Waals surface area contributed by atoms with Crippen molar-refractivity contribution < 1.29 is 23.9 Å². The standard InChI is InChI=1S/C22H25N3O5/c1-14-5-8-16(9-6-14)22(2)20(27)25(21(28)24-22)13-19(26)23-12-15-7-10-17(29-3)18(11-15)30-4/h5-11H,12-13H2,1-4H3,(H,23,26)(H,24,28)/t22-/m0/s1. The van der Waals surface area contributed by atoms with Gasteiger partial charge in [-0.05, 0) is 37.1 Å². The minimum atomic E-state index is -1.20. The fourth-order valence-electron chi connectivity index (χ4n) is 3.31. The first kappa shape index (κ1) is 21.2. The lowest BCUT2D eigenvalue weighted by Gasteiger charge is -2.22. The highest BCUT2D eigenvalue weighted by Crippen LogP contribution is 2.29. The van der Waals surface area contributed by atoms with Gasteiger partial charge in [0, 0.05) is 6.54 Å². The molecule has 158 valence electrons. The van der Waals surface area contributed by atoms with Crippen LogP contribution in [-0.2, 0) is 21.7 Å². The average molecular weight is 411 g/mol. The van der Waals surface area contributed by atoms with Crippen LogP contribution in [-0.4, -0.2) is 43.5 Å². The van der Waals surface area contributed by atoms with E-state index in [4.69, 9.17) is 9.47 Å². The van der Waals surface area contributed by atoms with Crippen LogP contribution in [0.2, 0.25) is 0 Å². The highest BCUT2D eigenvalue weighted by atomic mass is 16.5. The lowest BCUT2D eigenvalue weighted by atomic mass is 9.91. The molecule has 1 aliphatic heterocycles. The number of rotatable bonds is 7. The van der Waals surface area contributed by atoms with Gasteiger partial charge in [-0.2, -0.15) is 0 Å². The van der Waals surface area contributed by atoms with Crippen molar-refractivity contribution in [3.63, 3.8) is 0 Å². The van der Waals surface area contributed by atoms with E-state index in [0.717, 1.165) is 16.0 Å². The van der Waals surface area contributed by atoms with E-state index in [0.29, 0.717) is 17.1 Å². The van der Waals surface area contributed by atoms with Gasteiger partial charge in [0.1, 0.15) is 12.1 Å². The molecule has 30 heavy (non-hydrogen) atoms. The number of benzene rings is 2. The number of hydrogen-bond acceptors (Lipinski definition) is 5. The Bertz CT molecular complexity index is 973. The number of carbonyl (C=O) groups is 3. The van der Waals surface area contributed by atoms with E-state index in [-0.39, 0.29) is 13.1 Å². The van der Waals surface area contributed by atoms with Gasteiger partial charge in [0.15, 0.2) is 11.5 Å². The largest absolute Gasteiger partial charge is 0.493 e. The molecule has 2 aromatic rings. The number of carbonyl (C=O) groups excluding carboxylic acids is 3. The van der Waals surface area contributed by atoms with Gasteiger partial charge in [-0.1, -0.05) is 35.9 Å². The van der Waals surface area contributed by atoms with Crippen molar-refractivity contribution in [3.8, 4) is 11.5 Å². The predicted molar refractivity (Wildman–Crippen MR) is 110 cm³/mol. The van der Waals surface area contributed by atoms with Crippen LogP contribution in [0.1, 0.15) is 23.6 Å². The van der Waals surface area contributed by atoms with E-state index in [1.165, 1.54) is 7.11 Å². The highest BCUT2D eigenvalue weighted by molar-refractivity contribution is 6.09. The fraction of sp³-hybridized carbons (Fsp3) is 0.318. The van der Waals surface area contributed by atoms with Crippen LogP contribution in [0.5, 0.6) is 11.5 Å². The van der Waals surface area contributed by atoms with Crippen LogP contribution in [0.4, 0.5) is 4.79 Å². The summed E-state index contributed by atoms with van der Waals surface area (Å²) in [5.74, 6) is 0.230. The Morgan fingerprint density at radius 3 is 2.37 bits per heavy atom. The lowest BCUT2D eigenvalue weighted by Crippen LogP contribution is -2.43. The molecule has 0 aromatic heterocycles. The number of nitrogens with zero attached hydrogens (tertiary/aromatic N) is 1. The van der Waals surface area contributed by atoms with Crippen LogP contribution in [0.3, 0.4) is 0 Å². The zero-order chi connectivity index (χ0) is 21.9. The molecule has 1 saturated heterocycles. The highest BCUT2D eigenvalue weighted by Gasteiger charge is 2.49. The van der Waals surface area contributed by atoms with Crippen LogP contribution in [0, 0.1) is 6.92 Å². The van der Waals surface area contributed by atoms with E-state index in [1.54, 1.807) is 44.4 Å². The monoisotopic (exact) mass is 411 g/mol. The Morgan fingerprint density at radius 1 is 1.07 bits per heavy atom. The molecule has 1 fully saturated rings. The zero-order valence-corrected chi connectivity index (χ0v) is 17.4. The summed E-state index contributed by atoms with van der Waals surface area (Å²) in [7, 11) is 3.07. The maximum absolute atomic E-state index is 12.9. The third-order valence-corrected chi connectivity index (χ3v) is 5.14. The first-order valence-electron chi connectivity index (χ1n) is 9.47. The molecule has 0 aliphatic carbocycles. The van der Waals surface area contributed by atoms with Gasteiger partial charge < -0.3 is 20.1 Å². The summed E-state index contributed by atoms with van der Waals surface area (Å²) < 4.78 is 10.4. The fourth-order valence-corrected chi connectivity index (χ4v) is 3.31. The maximum atomic E-state index is 12.9. The number of imide groups is 1. The summed E-state index contributed by atoms with van der Waals surface area (Å²) in [6.45, 7) is 3.44. The number of methoxy groups -OCH3 is 2. The zero-order valence-electron chi connectivity index (χ0n) is 17.4. The third-order valence-electron chi connectivity index (χ3n) is 5.14. The molecule has 0 bridgehead atoms. The third kappa shape index (κ3) is 4.07. The van der Waals surface area contributed by atoms with Gasteiger partial charge in [-0.15, -0.1) is 0 Å². The number of hydrogen-bond donors (Lipinski definition) is 2. The van der Waals surface area contributed by atoms with Gasteiger partial charge >= 0.3 is 6.03 Å². The van der Waals surface area contributed by atoms with Gasteiger partial charge in [-0.3, -0.25) is 14.5 Å². The minimum Gasteiger partial charge on any atom is -0.493 e. The summed E-state index contributed by atoms with van der Waals surface area (Å²) in [6.07, 6.45) is 0. The number of ether oxygens (including phenoxy) is 2. The Kier molecular flexibility index (Phi) is 5.96. The quantitative estimate of drug-likeness (QED) is 0.680. The molecule has 1 atom stereocenters. The molecule has 2 aromatic carbocycles. The van der Waals surface area contributed by atoms with Gasteiger partial charge in [0.2, 0.25) is 5.91 Å². The number of nitrogens with one attached hydrogen (secondary N) is 2. The lowest BCUT2D eigenvalue weighted by molar-refractivity contribution is -0.134. The summed E-state index contributed by atoms with van der Waals surface area (Å²) in [5.41, 5.74) is 1.31. The maximum Gasteiger partial charge on any atom is 0.325 e.